The third-order valence-corrected chi connectivity index (χ3v) is 2.74. The number of hydrogen-bond donors (Lipinski definition) is 1. The van der Waals surface area contributed by atoms with E-state index >= 15 is 0 Å². The van der Waals surface area contributed by atoms with Gasteiger partial charge in [0.1, 0.15) is 0 Å². The van der Waals surface area contributed by atoms with E-state index < -0.39 is 0 Å². The number of hydrogen-bond acceptors (Lipinski definition) is 4. The molecule has 4 heteroatoms. The van der Waals surface area contributed by atoms with Crippen LogP contribution in [0.5, 0.6) is 0 Å². The van der Waals surface area contributed by atoms with Crippen molar-refractivity contribution in [3.63, 3.8) is 0 Å². The largest absolute Gasteiger partial charge is 0.339 e. The Morgan fingerprint density at radius 3 is 3.17 bits per heavy atom. The fourth-order valence-electron chi connectivity index (χ4n) is 1.79. The van der Waals surface area contributed by atoms with E-state index in [4.69, 9.17) is 4.52 Å². The van der Waals surface area contributed by atoms with Crippen LogP contribution in [0.25, 0.3) is 0 Å². The molecule has 0 amide bonds. The number of aromatic nitrogens is 2. The number of nitrogens with zero attached hydrogens (tertiary/aromatic N) is 2. The highest BCUT2D eigenvalue weighted by atomic mass is 16.5. The van der Waals surface area contributed by atoms with Gasteiger partial charge in [-0.3, -0.25) is 0 Å². The topological polar surface area (TPSA) is 51.0 Å². The maximum atomic E-state index is 5.11. The first-order chi connectivity index (χ1) is 5.87. The van der Waals surface area contributed by atoms with Gasteiger partial charge in [-0.15, -0.1) is 0 Å². The monoisotopic (exact) mass is 167 g/mol. The lowest BCUT2D eigenvalue weighted by Gasteiger charge is -2.20. The van der Waals surface area contributed by atoms with Crippen molar-refractivity contribution in [3.05, 3.63) is 12.2 Å². The van der Waals surface area contributed by atoms with Crippen LogP contribution in [0.2, 0.25) is 0 Å². The molecule has 1 aromatic rings. The lowest BCUT2D eigenvalue weighted by Crippen LogP contribution is -2.28. The lowest BCUT2D eigenvalue weighted by atomic mass is 9.84. The Bertz CT molecular complexity index is 239. The van der Waals surface area contributed by atoms with E-state index in [0.717, 1.165) is 31.8 Å². The maximum Gasteiger partial charge on any atom is 0.233 e. The van der Waals surface area contributed by atoms with Crippen LogP contribution in [0.1, 0.15) is 25.7 Å². The standard InChI is InChI=1S/C8H13N3O/c1-2-8(3-4-9-5-8)7-10-6-11-12-7/h6,9H,2-5H2,1H3. The summed E-state index contributed by atoms with van der Waals surface area (Å²) >= 11 is 0. The van der Waals surface area contributed by atoms with Crippen molar-refractivity contribution in [1.82, 2.24) is 15.5 Å². The summed E-state index contributed by atoms with van der Waals surface area (Å²) in [5, 5.41) is 6.97. The lowest BCUT2D eigenvalue weighted by molar-refractivity contribution is 0.284. The Morgan fingerprint density at radius 2 is 2.67 bits per heavy atom. The molecule has 0 saturated carbocycles. The summed E-state index contributed by atoms with van der Waals surface area (Å²) in [5.41, 5.74) is 0.108. The van der Waals surface area contributed by atoms with Gasteiger partial charge in [0.2, 0.25) is 5.89 Å². The quantitative estimate of drug-likeness (QED) is 0.704. The minimum atomic E-state index is 0.108. The average molecular weight is 167 g/mol. The predicted octanol–water partition coefficient (Wildman–Crippen LogP) is 0.711. The van der Waals surface area contributed by atoms with Crippen LogP contribution in [0, 0.1) is 0 Å². The van der Waals surface area contributed by atoms with E-state index in [2.05, 4.69) is 22.4 Å². The third kappa shape index (κ3) is 1.03. The first-order valence-electron chi connectivity index (χ1n) is 4.35. The fraction of sp³-hybridized carbons (Fsp3) is 0.750. The van der Waals surface area contributed by atoms with Crippen LogP contribution >= 0.6 is 0 Å². The summed E-state index contributed by atoms with van der Waals surface area (Å²) < 4.78 is 5.11. The molecule has 12 heavy (non-hydrogen) atoms. The van der Waals surface area contributed by atoms with Crippen molar-refractivity contribution in [1.29, 1.82) is 0 Å². The van der Waals surface area contributed by atoms with Crippen molar-refractivity contribution in [2.24, 2.45) is 0 Å². The van der Waals surface area contributed by atoms with Crippen molar-refractivity contribution in [2.45, 2.75) is 25.2 Å². The molecule has 0 bridgehead atoms. The molecule has 1 aromatic heterocycles. The van der Waals surface area contributed by atoms with Gasteiger partial charge in [0.15, 0.2) is 6.33 Å². The van der Waals surface area contributed by atoms with Crippen LogP contribution in [-0.2, 0) is 5.41 Å². The van der Waals surface area contributed by atoms with E-state index in [-0.39, 0.29) is 5.41 Å². The fourth-order valence-corrected chi connectivity index (χ4v) is 1.79. The summed E-state index contributed by atoms with van der Waals surface area (Å²) in [6.07, 6.45) is 3.64. The molecular weight excluding hydrogens is 154 g/mol. The second-order valence-electron chi connectivity index (χ2n) is 3.31. The zero-order valence-corrected chi connectivity index (χ0v) is 7.21. The number of nitrogens with one attached hydrogen (secondary N) is 1. The van der Waals surface area contributed by atoms with Gasteiger partial charge in [0.05, 0.1) is 5.41 Å². The van der Waals surface area contributed by atoms with Crippen LogP contribution in [0.4, 0.5) is 0 Å². The minimum Gasteiger partial charge on any atom is -0.339 e. The van der Waals surface area contributed by atoms with Crippen molar-refractivity contribution in [3.8, 4) is 0 Å². The molecular formula is C8H13N3O. The normalized spacial score (nSPS) is 29.4. The van der Waals surface area contributed by atoms with Crippen molar-refractivity contribution in [2.75, 3.05) is 13.1 Å². The van der Waals surface area contributed by atoms with Gasteiger partial charge < -0.3 is 9.84 Å². The van der Waals surface area contributed by atoms with Crippen molar-refractivity contribution >= 4 is 0 Å². The van der Waals surface area contributed by atoms with Gasteiger partial charge in [0, 0.05) is 6.54 Å². The molecule has 2 rings (SSSR count). The van der Waals surface area contributed by atoms with Crippen LogP contribution in [-0.4, -0.2) is 23.2 Å². The molecule has 1 unspecified atom stereocenters. The second kappa shape index (κ2) is 2.86. The smallest absolute Gasteiger partial charge is 0.233 e. The summed E-state index contributed by atoms with van der Waals surface area (Å²) in [6.45, 7) is 4.18. The second-order valence-corrected chi connectivity index (χ2v) is 3.31. The Balaban J connectivity index is 2.28. The molecule has 0 spiro atoms. The summed E-state index contributed by atoms with van der Waals surface area (Å²) in [5.74, 6) is 0.787. The molecule has 1 atom stereocenters. The number of rotatable bonds is 2. The summed E-state index contributed by atoms with van der Waals surface area (Å²) in [7, 11) is 0. The van der Waals surface area contributed by atoms with E-state index in [1.54, 1.807) is 0 Å². The van der Waals surface area contributed by atoms with Gasteiger partial charge in [-0.1, -0.05) is 12.1 Å². The zero-order valence-electron chi connectivity index (χ0n) is 7.21. The van der Waals surface area contributed by atoms with Crippen LogP contribution in [0.15, 0.2) is 10.9 Å². The van der Waals surface area contributed by atoms with Crippen LogP contribution < -0.4 is 5.32 Å². The van der Waals surface area contributed by atoms with E-state index in [0.29, 0.717) is 0 Å². The molecule has 1 aliphatic rings. The molecule has 0 aliphatic carbocycles. The Labute approximate surface area is 71.4 Å². The average Bonchev–Trinajstić information content (AvgIpc) is 2.76. The van der Waals surface area contributed by atoms with Gasteiger partial charge >= 0.3 is 0 Å². The first-order valence-corrected chi connectivity index (χ1v) is 4.35. The molecule has 1 aliphatic heterocycles. The molecule has 66 valence electrons. The predicted molar refractivity (Wildman–Crippen MR) is 43.8 cm³/mol. The minimum absolute atomic E-state index is 0.108. The molecule has 1 N–H and O–H groups in total. The van der Waals surface area contributed by atoms with Gasteiger partial charge in [-0.25, -0.2) is 0 Å². The first kappa shape index (κ1) is 7.73. The third-order valence-electron chi connectivity index (χ3n) is 2.74. The van der Waals surface area contributed by atoms with Gasteiger partial charge in [-0.05, 0) is 19.4 Å². The summed E-state index contributed by atoms with van der Waals surface area (Å²) in [4.78, 5) is 4.12. The Hall–Kier alpha value is -0.900. The van der Waals surface area contributed by atoms with E-state index in [1.807, 2.05) is 0 Å². The molecule has 4 nitrogen and oxygen atoms in total. The highest BCUT2D eigenvalue weighted by molar-refractivity contribution is 5.07. The Morgan fingerprint density at radius 1 is 1.75 bits per heavy atom. The maximum absolute atomic E-state index is 5.11. The molecule has 1 fully saturated rings. The Kier molecular flexibility index (Phi) is 1.84. The van der Waals surface area contributed by atoms with Gasteiger partial charge in [-0.2, -0.15) is 4.98 Å². The molecule has 0 radical (unpaired) electrons. The highest BCUT2D eigenvalue weighted by Crippen LogP contribution is 2.31. The zero-order chi connectivity index (χ0) is 8.44. The SMILES string of the molecule is CCC1(c2ncno2)CCNC1. The highest BCUT2D eigenvalue weighted by Gasteiger charge is 2.38. The molecule has 1 saturated heterocycles. The summed E-state index contributed by atoms with van der Waals surface area (Å²) in [6, 6.07) is 0. The van der Waals surface area contributed by atoms with Crippen LogP contribution in [0.3, 0.4) is 0 Å². The molecule has 2 heterocycles. The molecule has 0 aromatic carbocycles. The van der Waals surface area contributed by atoms with Gasteiger partial charge in [0.25, 0.3) is 0 Å². The van der Waals surface area contributed by atoms with E-state index in [1.165, 1.54) is 6.33 Å². The van der Waals surface area contributed by atoms with Crippen molar-refractivity contribution < 1.29 is 4.52 Å². The van der Waals surface area contributed by atoms with E-state index in [9.17, 15) is 0 Å².